The zero-order chi connectivity index (χ0) is 18.7. The molecule has 0 N–H and O–H groups in total. The number of ether oxygens (including phenoxy) is 1. The number of halogens is 1. The third-order valence-corrected chi connectivity index (χ3v) is 4.76. The first-order valence-corrected chi connectivity index (χ1v) is 9.40. The molecule has 0 aromatic heterocycles. The van der Waals surface area contributed by atoms with Crippen molar-refractivity contribution in [1.82, 2.24) is 0 Å². The minimum Gasteiger partial charge on any atom is -0.493 e. The van der Waals surface area contributed by atoms with Crippen LogP contribution in [0.15, 0.2) is 53.4 Å². The van der Waals surface area contributed by atoms with Crippen LogP contribution >= 0.6 is 23.4 Å². The third kappa shape index (κ3) is 4.29. The number of amides is 2. The molecule has 1 heterocycles. The summed E-state index contributed by atoms with van der Waals surface area (Å²) < 4.78 is 5.65. The Labute approximate surface area is 161 Å². The molecule has 2 amide bonds. The minimum atomic E-state index is -0.331. The smallest absolute Gasteiger partial charge is 0.298 e. The van der Waals surface area contributed by atoms with Gasteiger partial charge in [-0.2, -0.15) is 0 Å². The van der Waals surface area contributed by atoms with E-state index in [9.17, 15) is 9.59 Å². The Hall–Kier alpha value is -2.24. The molecule has 2 aromatic rings. The van der Waals surface area contributed by atoms with Crippen LogP contribution in [-0.4, -0.2) is 17.8 Å². The van der Waals surface area contributed by atoms with Crippen LogP contribution in [-0.2, 0) is 4.79 Å². The van der Waals surface area contributed by atoms with Crippen molar-refractivity contribution in [3.8, 4) is 5.75 Å². The molecule has 1 aliphatic heterocycles. The molecule has 6 heteroatoms. The lowest BCUT2D eigenvalue weighted by atomic mass is 10.2. The fraction of sp³-hybridized carbons (Fsp3) is 0.200. The monoisotopic (exact) mass is 387 g/mol. The normalized spacial score (nSPS) is 16.0. The summed E-state index contributed by atoms with van der Waals surface area (Å²) in [5.41, 5.74) is 1.35. The summed E-state index contributed by atoms with van der Waals surface area (Å²) in [6, 6.07) is 14.1. The maximum absolute atomic E-state index is 12.6. The van der Waals surface area contributed by atoms with Gasteiger partial charge in [0.1, 0.15) is 5.75 Å². The van der Waals surface area contributed by atoms with E-state index in [-0.39, 0.29) is 11.1 Å². The lowest BCUT2D eigenvalue weighted by Crippen LogP contribution is -2.27. The highest BCUT2D eigenvalue weighted by molar-refractivity contribution is 8.19. The number of carbonyl (C=O) groups excluding carboxylic acids is 2. The van der Waals surface area contributed by atoms with E-state index in [1.165, 1.54) is 0 Å². The molecule has 0 aliphatic carbocycles. The van der Waals surface area contributed by atoms with Gasteiger partial charge >= 0.3 is 0 Å². The SMILES string of the molecule is CC(C)COc1ccc(/C=C2/SC(=O)N(c3ccc(Cl)cc3)C2=O)cc1. The standard InChI is InChI=1S/C20H18ClNO3S/c1-13(2)12-25-17-9-3-14(4-10-17)11-18-19(23)22(20(24)26-18)16-7-5-15(21)6-8-16/h3-11,13H,12H2,1-2H3/b18-11+. The molecule has 2 aromatic carbocycles. The van der Waals surface area contributed by atoms with Crippen molar-refractivity contribution in [3.63, 3.8) is 0 Å². The fourth-order valence-electron chi connectivity index (χ4n) is 2.36. The van der Waals surface area contributed by atoms with E-state index < -0.39 is 0 Å². The van der Waals surface area contributed by atoms with Crippen molar-refractivity contribution in [3.05, 3.63) is 64.0 Å². The molecule has 0 spiro atoms. The molecule has 1 fully saturated rings. The van der Waals surface area contributed by atoms with Gasteiger partial charge in [0.05, 0.1) is 17.2 Å². The summed E-state index contributed by atoms with van der Waals surface area (Å²) in [5, 5.41) is 0.233. The van der Waals surface area contributed by atoms with Gasteiger partial charge in [0, 0.05) is 5.02 Å². The highest BCUT2D eigenvalue weighted by Gasteiger charge is 2.36. The molecular weight excluding hydrogens is 370 g/mol. The molecule has 0 saturated carbocycles. The summed E-state index contributed by atoms with van der Waals surface area (Å²) in [4.78, 5) is 26.4. The molecule has 0 unspecified atom stereocenters. The largest absolute Gasteiger partial charge is 0.493 e. The predicted octanol–water partition coefficient (Wildman–Crippen LogP) is 5.62. The molecule has 3 rings (SSSR count). The summed E-state index contributed by atoms with van der Waals surface area (Å²) in [7, 11) is 0. The number of hydrogen-bond acceptors (Lipinski definition) is 4. The quantitative estimate of drug-likeness (QED) is 0.625. The fourth-order valence-corrected chi connectivity index (χ4v) is 3.32. The summed E-state index contributed by atoms with van der Waals surface area (Å²) in [6.45, 7) is 4.83. The molecule has 4 nitrogen and oxygen atoms in total. The summed E-state index contributed by atoms with van der Waals surface area (Å²) in [5.74, 6) is 0.904. The predicted molar refractivity (Wildman–Crippen MR) is 107 cm³/mol. The van der Waals surface area contributed by atoms with Crippen LogP contribution < -0.4 is 9.64 Å². The van der Waals surface area contributed by atoms with Gasteiger partial charge in [0.15, 0.2) is 0 Å². The average Bonchev–Trinajstić information content (AvgIpc) is 2.89. The summed E-state index contributed by atoms with van der Waals surface area (Å²) in [6.07, 6.45) is 1.72. The highest BCUT2D eigenvalue weighted by atomic mass is 35.5. The first-order chi connectivity index (χ1) is 12.4. The number of imide groups is 1. The lowest BCUT2D eigenvalue weighted by molar-refractivity contribution is -0.113. The van der Waals surface area contributed by atoms with E-state index in [2.05, 4.69) is 13.8 Å². The first-order valence-electron chi connectivity index (χ1n) is 8.20. The Kier molecular flexibility index (Phi) is 5.69. The molecule has 1 aliphatic rings. The lowest BCUT2D eigenvalue weighted by Gasteiger charge is -2.12. The number of anilines is 1. The molecule has 0 bridgehead atoms. The van der Waals surface area contributed by atoms with Crippen LogP contribution in [0, 0.1) is 5.92 Å². The second kappa shape index (κ2) is 7.98. The molecule has 26 heavy (non-hydrogen) atoms. The van der Waals surface area contributed by atoms with E-state index in [0.29, 0.717) is 28.1 Å². The van der Waals surface area contributed by atoms with Gasteiger partial charge in [-0.15, -0.1) is 0 Å². The number of carbonyl (C=O) groups is 2. The Morgan fingerprint density at radius 2 is 1.73 bits per heavy atom. The van der Waals surface area contributed by atoms with Gasteiger partial charge in [-0.25, -0.2) is 4.90 Å². The van der Waals surface area contributed by atoms with Gasteiger partial charge in [-0.1, -0.05) is 37.6 Å². The van der Waals surface area contributed by atoms with E-state index in [1.54, 1.807) is 30.3 Å². The minimum absolute atomic E-state index is 0.319. The van der Waals surface area contributed by atoms with Crippen molar-refractivity contribution >= 4 is 46.3 Å². The molecule has 0 radical (unpaired) electrons. The van der Waals surface area contributed by atoms with E-state index >= 15 is 0 Å². The van der Waals surface area contributed by atoms with Gasteiger partial charge in [-0.05, 0) is 65.7 Å². The van der Waals surface area contributed by atoms with Crippen LogP contribution in [0.2, 0.25) is 5.02 Å². The molecule has 0 atom stereocenters. The van der Waals surface area contributed by atoms with Crippen molar-refractivity contribution in [1.29, 1.82) is 0 Å². The zero-order valence-corrected chi connectivity index (χ0v) is 16.0. The number of nitrogens with zero attached hydrogens (tertiary/aromatic N) is 1. The third-order valence-electron chi connectivity index (χ3n) is 3.64. The molecular formula is C20H18ClNO3S. The Morgan fingerprint density at radius 1 is 1.08 bits per heavy atom. The number of thioether (sulfide) groups is 1. The zero-order valence-electron chi connectivity index (χ0n) is 14.4. The Balaban J connectivity index is 1.76. The first kappa shape index (κ1) is 18.5. The maximum Gasteiger partial charge on any atom is 0.298 e. The Morgan fingerprint density at radius 3 is 2.35 bits per heavy atom. The maximum atomic E-state index is 12.6. The average molecular weight is 388 g/mol. The summed E-state index contributed by atoms with van der Waals surface area (Å²) >= 11 is 6.79. The molecule has 1 saturated heterocycles. The van der Waals surface area contributed by atoms with Gasteiger partial charge < -0.3 is 4.74 Å². The van der Waals surface area contributed by atoms with Crippen molar-refractivity contribution < 1.29 is 14.3 Å². The van der Waals surface area contributed by atoms with Crippen LogP contribution in [0.1, 0.15) is 19.4 Å². The van der Waals surface area contributed by atoms with Crippen LogP contribution in [0.4, 0.5) is 10.5 Å². The van der Waals surface area contributed by atoms with Crippen molar-refractivity contribution in [2.45, 2.75) is 13.8 Å². The molecule has 134 valence electrons. The second-order valence-electron chi connectivity index (χ2n) is 6.27. The van der Waals surface area contributed by atoms with Gasteiger partial charge in [0.2, 0.25) is 0 Å². The van der Waals surface area contributed by atoms with Gasteiger partial charge in [-0.3, -0.25) is 9.59 Å². The van der Waals surface area contributed by atoms with Crippen molar-refractivity contribution in [2.24, 2.45) is 5.92 Å². The number of benzene rings is 2. The van der Waals surface area contributed by atoms with E-state index in [0.717, 1.165) is 28.0 Å². The van der Waals surface area contributed by atoms with Gasteiger partial charge in [0.25, 0.3) is 11.1 Å². The highest BCUT2D eigenvalue weighted by Crippen LogP contribution is 2.36. The topological polar surface area (TPSA) is 46.6 Å². The van der Waals surface area contributed by atoms with Crippen molar-refractivity contribution in [2.75, 3.05) is 11.5 Å². The van der Waals surface area contributed by atoms with Crippen LogP contribution in [0.5, 0.6) is 5.75 Å². The second-order valence-corrected chi connectivity index (χ2v) is 7.70. The Bertz CT molecular complexity index is 844. The number of rotatable bonds is 5. The van der Waals surface area contributed by atoms with Crippen LogP contribution in [0.3, 0.4) is 0 Å². The van der Waals surface area contributed by atoms with Crippen LogP contribution in [0.25, 0.3) is 6.08 Å². The number of hydrogen-bond donors (Lipinski definition) is 0. The van der Waals surface area contributed by atoms with E-state index in [1.807, 2.05) is 24.3 Å². The van der Waals surface area contributed by atoms with E-state index in [4.69, 9.17) is 16.3 Å².